The first-order valence-electron chi connectivity index (χ1n) is 6.90. The van der Waals surface area contributed by atoms with Crippen LogP contribution in [0.2, 0.25) is 0 Å². The van der Waals surface area contributed by atoms with Crippen molar-refractivity contribution in [3.8, 4) is 0 Å². The molecule has 2 fully saturated rings. The van der Waals surface area contributed by atoms with Crippen LogP contribution in [-0.2, 0) is 4.79 Å². The molecule has 0 bridgehead atoms. The van der Waals surface area contributed by atoms with E-state index in [2.05, 4.69) is 33.0 Å². The molecular formula is C14H26N2O2. The lowest BCUT2D eigenvalue weighted by molar-refractivity contribution is -0.140. The van der Waals surface area contributed by atoms with E-state index in [4.69, 9.17) is 0 Å². The Labute approximate surface area is 110 Å². The summed E-state index contributed by atoms with van der Waals surface area (Å²) >= 11 is 0. The lowest BCUT2D eigenvalue weighted by atomic mass is 9.79. The van der Waals surface area contributed by atoms with Crippen molar-refractivity contribution in [2.75, 3.05) is 0 Å². The first-order chi connectivity index (χ1) is 8.11. The summed E-state index contributed by atoms with van der Waals surface area (Å²) in [6.45, 7) is 10.6. The average molecular weight is 254 g/mol. The van der Waals surface area contributed by atoms with Crippen LogP contribution in [0.3, 0.4) is 0 Å². The van der Waals surface area contributed by atoms with Crippen LogP contribution in [0.15, 0.2) is 0 Å². The van der Waals surface area contributed by atoms with E-state index in [1.807, 2.05) is 6.92 Å². The van der Waals surface area contributed by atoms with Gasteiger partial charge in [0.2, 0.25) is 5.91 Å². The number of carbonyl (C=O) groups is 1. The lowest BCUT2D eigenvalue weighted by Crippen LogP contribution is -2.63. The molecule has 2 atom stereocenters. The maximum atomic E-state index is 12.1. The third kappa shape index (κ3) is 2.54. The van der Waals surface area contributed by atoms with Crippen LogP contribution < -0.4 is 5.32 Å². The van der Waals surface area contributed by atoms with Crippen molar-refractivity contribution in [1.82, 2.24) is 10.2 Å². The molecule has 104 valence electrons. The Balaban J connectivity index is 2.20. The Kier molecular flexibility index (Phi) is 3.23. The minimum absolute atomic E-state index is 0.00174. The summed E-state index contributed by atoms with van der Waals surface area (Å²) in [6, 6.07) is 0.142. The smallest absolute Gasteiger partial charge is 0.225 e. The number of nitrogens with one attached hydrogen (secondary N) is 1. The van der Waals surface area contributed by atoms with Gasteiger partial charge in [-0.05, 0) is 40.5 Å². The monoisotopic (exact) mass is 254 g/mol. The Morgan fingerprint density at radius 2 is 1.72 bits per heavy atom. The van der Waals surface area contributed by atoms with E-state index >= 15 is 0 Å². The molecule has 0 aromatic carbocycles. The molecule has 2 heterocycles. The second-order valence-corrected chi connectivity index (χ2v) is 7.35. The van der Waals surface area contributed by atoms with Crippen LogP contribution in [-0.4, -0.2) is 39.3 Å². The van der Waals surface area contributed by atoms with E-state index in [9.17, 15) is 9.90 Å². The van der Waals surface area contributed by atoms with Crippen molar-refractivity contribution < 1.29 is 9.90 Å². The number of amides is 1. The zero-order valence-corrected chi connectivity index (χ0v) is 12.2. The zero-order chi connectivity index (χ0) is 13.7. The summed E-state index contributed by atoms with van der Waals surface area (Å²) in [4.78, 5) is 13.8. The predicted octanol–water partition coefficient (Wildman–Crippen LogP) is 1.48. The summed E-state index contributed by atoms with van der Waals surface area (Å²) in [5, 5.41) is 13.8. The van der Waals surface area contributed by atoms with E-state index in [0.717, 1.165) is 12.8 Å². The van der Waals surface area contributed by atoms with E-state index in [1.165, 1.54) is 0 Å². The number of aliphatic hydroxyl groups excluding tert-OH is 1. The van der Waals surface area contributed by atoms with Crippen molar-refractivity contribution in [2.45, 2.75) is 77.2 Å². The summed E-state index contributed by atoms with van der Waals surface area (Å²) < 4.78 is 0. The Bertz CT molecular complexity index is 336. The molecule has 4 nitrogen and oxygen atoms in total. The molecule has 0 radical (unpaired) electrons. The maximum Gasteiger partial charge on any atom is 0.225 e. The molecule has 0 spiro atoms. The number of nitrogens with zero attached hydrogens (tertiary/aromatic N) is 1. The summed E-state index contributed by atoms with van der Waals surface area (Å²) in [5.41, 5.74) is -0.00348. The molecular weight excluding hydrogens is 228 g/mol. The number of aliphatic hydroxyl groups is 1. The fourth-order valence-corrected chi connectivity index (χ4v) is 3.79. The van der Waals surface area contributed by atoms with Gasteiger partial charge in [0.1, 0.15) is 6.23 Å². The minimum Gasteiger partial charge on any atom is -0.373 e. The van der Waals surface area contributed by atoms with Crippen LogP contribution in [0.4, 0.5) is 0 Å². The predicted molar refractivity (Wildman–Crippen MR) is 70.9 cm³/mol. The van der Waals surface area contributed by atoms with Gasteiger partial charge < -0.3 is 15.3 Å². The number of likely N-dealkylation sites (tertiary alicyclic amines) is 1. The van der Waals surface area contributed by atoms with Crippen LogP contribution in [0.5, 0.6) is 0 Å². The quantitative estimate of drug-likeness (QED) is 0.745. The molecule has 2 saturated heterocycles. The molecule has 2 rings (SSSR count). The second kappa shape index (κ2) is 4.20. The fourth-order valence-electron chi connectivity index (χ4n) is 3.79. The van der Waals surface area contributed by atoms with E-state index in [0.29, 0.717) is 6.42 Å². The van der Waals surface area contributed by atoms with E-state index < -0.39 is 6.23 Å². The van der Waals surface area contributed by atoms with Gasteiger partial charge >= 0.3 is 0 Å². The molecule has 4 heteroatoms. The number of carbonyl (C=O) groups excluding carboxylic acids is 1. The van der Waals surface area contributed by atoms with Gasteiger partial charge in [0.15, 0.2) is 0 Å². The first-order valence-corrected chi connectivity index (χ1v) is 6.90. The molecule has 0 aromatic rings. The van der Waals surface area contributed by atoms with Gasteiger partial charge in [-0.25, -0.2) is 0 Å². The highest BCUT2D eigenvalue weighted by atomic mass is 16.3. The van der Waals surface area contributed by atoms with Crippen molar-refractivity contribution in [3.63, 3.8) is 0 Å². The molecule has 2 aliphatic rings. The van der Waals surface area contributed by atoms with Gasteiger partial charge in [-0.2, -0.15) is 0 Å². The SMILES string of the molecule is CC1CC(=O)N(C2CC(C)(C)NC(C)(C)C2)C1O. The Hall–Kier alpha value is -0.610. The number of rotatable bonds is 1. The van der Waals surface area contributed by atoms with Gasteiger partial charge in [-0.3, -0.25) is 4.79 Å². The topological polar surface area (TPSA) is 52.6 Å². The number of hydrogen-bond acceptors (Lipinski definition) is 3. The lowest BCUT2D eigenvalue weighted by Gasteiger charge is -2.49. The van der Waals surface area contributed by atoms with Crippen molar-refractivity contribution in [3.05, 3.63) is 0 Å². The van der Waals surface area contributed by atoms with Crippen LogP contribution in [0, 0.1) is 5.92 Å². The van der Waals surface area contributed by atoms with E-state index in [-0.39, 0.29) is 28.9 Å². The minimum atomic E-state index is -0.604. The normalized spacial score (nSPS) is 36.1. The molecule has 0 saturated carbocycles. The van der Waals surface area contributed by atoms with Gasteiger partial charge in [0.25, 0.3) is 0 Å². The molecule has 1 amide bonds. The molecule has 2 unspecified atom stereocenters. The standard InChI is InChI=1S/C14H26N2O2/c1-9-6-11(17)16(12(9)18)10-7-13(2,3)15-14(4,5)8-10/h9-10,12,15,18H,6-8H2,1-5H3. The molecule has 18 heavy (non-hydrogen) atoms. The molecule has 2 aliphatic heterocycles. The Morgan fingerprint density at radius 3 is 2.11 bits per heavy atom. The average Bonchev–Trinajstić information content (AvgIpc) is 2.35. The second-order valence-electron chi connectivity index (χ2n) is 7.35. The van der Waals surface area contributed by atoms with Crippen molar-refractivity contribution in [1.29, 1.82) is 0 Å². The third-order valence-electron chi connectivity index (χ3n) is 4.14. The van der Waals surface area contributed by atoms with E-state index in [1.54, 1.807) is 4.90 Å². The van der Waals surface area contributed by atoms with Crippen LogP contribution >= 0.6 is 0 Å². The Morgan fingerprint density at radius 1 is 1.22 bits per heavy atom. The van der Waals surface area contributed by atoms with Gasteiger partial charge in [0, 0.05) is 29.5 Å². The summed E-state index contributed by atoms with van der Waals surface area (Å²) in [7, 11) is 0. The van der Waals surface area contributed by atoms with Gasteiger partial charge in [0.05, 0.1) is 0 Å². The van der Waals surface area contributed by atoms with Crippen molar-refractivity contribution in [2.24, 2.45) is 5.92 Å². The number of piperidine rings is 1. The highest BCUT2D eigenvalue weighted by molar-refractivity contribution is 5.79. The molecule has 2 N–H and O–H groups in total. The zero-order valence-electron chi connectivity index (χ0n) is 12.2. The van der Waals surface area contributed by atoms with Gasteiger partial charge in [-0.15, -0.1) is 0 Å². The molecule has 0 aliphatic carbocycles. The fraction of sp³-hybridized carbons (Fsp3) is 0.929. The largest absolute Gasteiger partial charge is 0.373 e. The van der Waals surface area contributed by atoms with Crippen molar-refractivity contribution >= 4 is 5.91 Å². The highest BCUT2D eigenvalue weighted by Gasteiger charge is 2.46. The third-order valence-corrected chi connectivity index (χ3v) is 4.14. The van der Waals surface area contributed by atoms with Gasteiger partial charge in [-0.1, -0.05) is 6.92 Å². The highest BCUT2D eigenvalue weighted by Crippen LogP contribution is 2.36. The molecule has 0 aromatic heterocycles. The number of hydrogen-bond donors (Lipinski definition) is 2. The summed E-state index contributed by atoms with van der Waals surface area (Å²) in [6.07, 6.45) is 1.66. The maximum absolute atomic E-state index is 12.1. The van der Waals surface area contributed by atoms with Crippen LogP contribution in [0.25, 0.3) is 0 Å². The first kappa shape index (κ1) is 13.8. The summed E-state index contributed by atoms with van der Waals surface area (Å²) in [5.74, 6) is 0.159. The van der Waals surface area contributed by atoms with Crippen LogP contribution in [0.1, 0.15) is 53.9 Å².